The van der Waals surface area contributed by atoms with E-state index in [1.165, 1.54) is 11.1 Å². The minimum atomic E-state index is -0.315. The third kappa shape index (κ3) is 1.53. The molecule has 0 aliphatic carbocycles. The molecule has 0 saturated heterocycles. The van der Waals surface area contributed by atoms with Crippen LogP contribution in [0.3, 0.4) is 0 Å². The van der Waals surface area contributed by atoms with E-state index in [0.717, 1.165) is 0 Å². The van der Waals surface area contributed by atoms with Crippen LogP contribution in [-0.4, -0.2) is 13.7 Å². The first-order valence-electron chi connectivity index (χ1n) is 3.92. The summed E-state index contributed by atoms with van der Waals surface area (Å²) in [6.45, 7) is 4.61. The van der Waals surface area contributed by atoms with Crippen molar-refractivity contribution in [2.75, 3.05) is 13.7 Å². The van der Waals surface area contributed by atoms with E-state index in [1.807, 2.05) is 6.92 Å². The normalized spacial score (nSPS) is 16.0. The summed E-state index contributed by atoms with van der Waals surface area (Å²) < 4.78 is 5.39. The molecule has 0 radical (unpaired) electrons. The highest BCUT2D eigenvalue weighted by Gasteiger charge is 2.26. The van der Waals surface area contributed by atoms with E-state index < -0.39 is 0 Å². The van der Waals surface area contributed by atoms with E-state index in [0.29, 0.717) is 6.54 Å². The third-order valence-corrected chi connectivity index (χ3v) is 3.13. The molecule has 2 N–H and O–H groups in total. The van der Waals surface area contributed by atoms with Crippen LogP contribution in [0.1, 0.15) is 18.1 Å². The Morgan fingerprint density at radius 1 is 1.58 bits per heavy atom. The maximum absolute atomic E-state index is 5.66. The van der Waals surface area contributed by atoms with Gasteiger partial charge in [-0.3, -0.25) is 0 Å². The summed E-state index contributed by atoms with van der Waals surface area (Å²) in [7, 11) is 1.70. The lowest BCUT2D eigenvalue weighted by Gasteiger charge is -2.26. The molecule has 1 rings (SSSR count). The largest absolute Gasteiger partial charge is 0.372 e. The Bertz CT molecular complexity index is 253. The van der Waals surface area contributed by atoms with Crippen LogP contribution < -0.4 is 5.73 Å². The van der Waals surface area contributed by atoms with Crippen LogP contribution in [0.4, 0.5) is 0 Å². The van der Waals surface area contributed by atoms with Crippen LogP contribution in [0.15, 0.2) is 10.8 Å². The van der Waals surface area contributed by atoms with Gasteiger partial charge in [-0.1, -0.05) is 0 Å². The first-order chi connectivity index (χ1) is 5.64. The fourth-order valence-corrected chi connectivity index (χ4v) is 2.18. The molecule has 0 aliphatic rings. The fourth-order valence-electron chi connectivity index (χ4n) is 1.21. The second-order valence-electron chi connectivity index (χ2n) is 3.11. The van der Waals surface area contributed by atoms with Gasteiger partial charge in [0.25, 0.3) is 0 Å². The van der Waals surface area contributed by atoms with Crippen molar-refractivity contribution in [2.45, 2.75) is 19.4 Å². The van der Waals surface area contributed by atoms with E-state index in [1.54, 1.807) is 18.4 Å². The van der Waals surface area contributed by atoms with Gasteiger partial charge in [0.05, 0.1) is 0 Å². The average Bonchev–Trinajstić information content (AvgIpc) is 2.51. The van der Waals surface area contributed by atoms with Gasteiger partial charge in [0, 0.05) is 13.7 Å². The lowest BCUT2D eigenvalue weighted by molar-refractivity contribution is 0.00995. The number of thiophene rings is 1. The van der Waals surface area contributed by atoms with E-state index in [9.17, 15) is 0 Å². The maximum Gasteiger partial charge on any atom is 0.103 e. The lowest BCUT2D eigenvalue weighted by atomic mass is 9.96. The van der Waals surface area contributed by atoms with Crippen LogP contribution in [-0.2, 0) is 10.3 Å². The SMILES string of the molecule is COC(C)(CN)c1cscc1C. The van der Waals surface area contributed by atoms with Crippen LogP contribution in [0.2, 0.25) is 0 Å². The Balaban J connectivity index is 3.02. The number of nitrogens with two attached hydrogens (primary N) is 1. The summed E-state index contributed by atoms with van der Waals surface area (Å²) in [5.74, 6) is 0. The Hall–Kier alpha value is -0.380. The zero-order valence-corrected chi connectivity index (χ0v) is 8.57. The highest BCUT2D eigenvalue weighted by atomic mass is 32.1. The zero-order valence-electron chi connectivity index (χ0n) is 7.76. The summed E-state index contributed by atoms with van der Waals surface area (Å²) in [5, 5.41) is 4.22. The van der Waals surface area contributed by atoms with Crippen LogP contribution in [0, 0.1) is 6.92 Å². The Kier molecular flexibility index (Phi) is 2.88. The molecule has 12 heavy (non-hydrogen) atoms. The molecule has 0 spiro atoms. The van der Waals surface area contributed by atoms with Crippen molar-refractivity contribution in [2.24, 2.45) is 5.73 Å². The van der Waals surface area contributed by atoms with Gasteiger partial charge in [-0.25, -0.2) is 0 Å². The van der Waals surface area contributed by atoms with Crippen molar-refractivity contribution in [3.8, 4) is 0 Å². The predicted molar refractivity (Wildman–Crippen MR) is 52.5 cm³/mol. The van der Waals surface area contributed by atoms with Crippen molar-refractivity contribution in [3.05, 3.63) is 21.9 Å². The molecule has 0 fully saturated rings. The van der Waals surface area contributed by atoms with Crippen molar-refractivity contribution < 1.29 is 4.74 Å². The van der Waals surface area contributed by atoms with Gasteiger partial charge in [-0.2, -0.15) is 11.3 Å². The molecule has 1 atom stereocenters. The van der Waals surface area contributed by atoms with Crippen molar-refractivity contribution in [1.82, 2.24) is 0 Å². The predicted octanol–water partition coefficient (Wildman–Crippen LogP) is 1.88. The van der Waals surface area contributed by atoms with Gasteiger partial charge in [0.1, 0.15) is 5.60 Å². The van der Waals surface area contributed by atoms with E-state index in [2.05, 4.69) is 17.7 Å². The number of aryl methyl sites for hydroxylation is 1. The van der Waals surface area contributed by atoms with Gasteiger partial charge in [0.2, 0.25) is 0 Å². The summed E-state index contributed by atoms with van der Waals surface area (Å²) in [5.41, 5.74) is 7.81. The van der Waals surface area contributed by atoms with E-state index >= 15 is 0 Å². The summed E-state index contributed by atoms with van der Waals surface area (Å²) in [6.07, 6.45) is 0. The second kappa shape index (κ2) is 3.56. The topological polar surface area (TPSA) is 35.2 Å². The lowest BCUT2D eigenvalue weighted by Crippen LogP contribution is -2.33. The molecular formula is C9H15NOS. The molecule has 0 saturated carbocycles. The molecule has 0 aliphatic heterocycles. The highest BCUT2D eigenvalue weighted by molar-refractivity contribution is 7.08. The molecule has 1 heterocycles. The number of methoxy groups -OCH3 is 1. The van der Waals surface area contributed by atoms with Gasteiger partial charge >= 0.3 is 0 Å². The Labute approximate surface area is 77.3 Å². The Morgan fingerprint density at radius 3 is 2.58 bits per heavy atom. The second-order valence-corrected chi connectivity index (χ2v) is 3.85. The summed E-state index contributed by atoms with van der Waals surface area (Å²) in [4.78, 5) is 0. The molecule has 0 aromatic carbocycles. The molecular weight excluding hydrogens is 170 g/mol. The minimum Gasteiger partial charge on any atom is -0.372 e. The molecule has 1 aromatic rings. The van der Waals surface area contributed by atoms with E-state index in [4.69, 9.17) is 10.5 Å². The standard InChI is InChI=1S/C9H15NOS/c1-7-4-12-5-8(7)9(2,6-10)11-3/h4-5H,6,10H2,1-3H3. The van der Waals surface area contributed by atoms with Crippen LogP contribution >= 0.6 is 11.3 Å². The minimum absolute atomic E-state index is 0.315. The quantitative estimate of drug-likeness (QED) is 0.780. The number of ether oxygens (including phenoxy) is 1. The molecule has 3 heteroatoms. The van der Waals surface area contributed by atoms with E-state index in [-0.39, 0.29) is 5.60 Å². The maximum atomic E-state index is 5.66. The first kappa shape index (κ1) is 9.71. The zero-order chi connectivity index (χ0) is 9.19. The summed E-state index contributed by atoms with van der Waals surface area (Å²) in [6, 6.07) is 0. The van der Waals surface area contributed by atoms with Gasteiger partial charge < -0.3 is 10.5 Å². The smallest absolute Gasteiger partial charge is 0.103 e. The van der Waals surface area contributed by atoms with Crippen LogP contribution in [0.5, 0.6) is 0 Å². The monoisotopic (exact) mass is 185 g/mol. The Morgan fingerprint density at radius 2 is 2.25 bits per heavy atom. The molecule has 0 bridgehead atoms. The highest BCUT2D eigenvalue weighted by Crippen LogP contribution is 2.28. The first-order valence-corrected chi connectivity index (χ1v) is 4.87. The molecule has 2 nitrogen and oxygen atoms in total. The molecule has 68 valence electrons. The fraction of sp³-hybridized carbons (Fsp3) is 0.556. The van der Waals surface area contributed by atoms with Gasteiger partial charge in [-0.05, 0) is 35.7 Å². The van der Waals surface area contributed by atoms with Crippen LogP contribution in [0.25, 0.3) is 0 Å². The summed E-state index contributed by atoms with van der Waals surface area (Å²) >= 11 is 1.69. The van der Waals surface area contributed by atoms with Gasteiger partial charge in [-0.15, -0.1) is 0 Å². The average molecular weight is 185 g/mol. The number of rotatable bonds is 3. The molecule has 1 unspecified atom stereocenters. The van der Waals surface area contributed by atoms with Gasteiger partial charge in [0.15, 0.2) is 0 Å². The third-order valence-electron chi connectivity index (χ3n) is 2.27. The molecule has 0 amide bonds. The molecule has 1 aromatic heterocycles. The van der Waals surface area contributed by atoms with Crippen molar-refractivity contribution >= 4 is 11.3 Å². The number of hydrogen-bond acceptors (Lipinski definition) is 3. The number of hydrogen-bond donors (Lipinski definition) is 1. The van der Waals surface area contributed by atoms with Crippen molar-refractivity contribution in [3.63, 3.8) is 0 Å². The van der Waals surface area contributed by atoms with Crippen molar-refractivity contribution in [1.29, 1.82) is 0 Å².